The van der Waals surface area contributed by atoms with Crippen LogP contribution in [0.15, 0.2) is 47.5 Å². The minimum atomic E-state index is -0.314. The molecule has 3 N–H and O–H groups in total. The lowest BCUT2D eigenvalue weighted by atomic mass is 10.1. The smallest absolute Gasteiger partial charge is 0.258 e. The Hall–Kier alpha value is -3.19. The number of nitrogens with one attached hydrogen (secondary N) is 3. The van der Waals surface area contributed by atoms with E-state index in [2.05, 4.69) is 27.0 Å². The molecule has 1 aliphatic rings. The molecule has 0 radical (unpaired) electrons. The van der Waals surface area contributed by atoms with Crippen LogP contribution in [-0.4, -0.2) is 37.0 Å². The fraction of sp³-hybridized carbons (Fsp3) is 0.348. The van der Waals surface area contributed by atoms with E-state index in [0.717, 1.165) is 36.3 Å². The third kappa shape index (κ3) is 6.15. The Bertz CT molecular complexity index is 949. The third-order valence-corrected chi connectivity index (χ3v) is 4.79. The fourth-order valence-electron chi connectivity index (χ4n) is 3.29. The third-order valence-electron chi connectivity index (χ3n) is 4.79. The Labute approximate surface area is 176 Å². The number of carbonyl (C=O) groups is 2. The van der Waals surface area contributed by atoms with Gasteiger partial charge in [-0.2, -0.15) is 0 Å². The van der Waals surface area contributed by atoms with Gasteiger partial charge in [-0.3, -0.25) is 14.9 Å². The monoisotopic (exact) mass is 408 g/mol. The molecule has 1 aliphatic heterocycles. The number of hydrogen-bond acceptors (Lipinski definition) is 4. The van der Waals surface area contributed by atoms with Gasteiger partial charge >= 0.3 is 0 Å². The number of ether oxygens (including phenoxy) is 1. The summed E-state index contributed by atoms with van der Waals surface area (Å²) in [6, 6.07) is 12.8. The molecule has 0 bridgehead atoms. The van der Waals surface area contributed by atoms with Gasteiger partial charge in [-0.05, 0) is 56.5 Å². The molecule has 0 spiro atoms. The lowest BCUT2D eigenvalue weighted by Gasteiger charge is -2.15. The Morgan fingerprint density at radius 1 is 1.13 bits per heavy atom. The van der Waals surface area contributed by atoms with Crippen molar-refractivity contribution in [2.75, 3.05) is 23.8 Å². The van der Waals surface area contributed by atoms with E-state index in [0.29, 0.717) is 23.8 Å². The lowest BCUT2D eigenvalue weighted by molar-refractivity contribution is -0.114. The molecule has 2 amide bonds. The molecule has 158 valence electrons. The van der Waals surface area contributed by atoms with Crippen LogP contribution in [0.25, 0.3) is 0 Å². The van der Waals surface area contributed by atoms with Crippen molar-refractivity contribution in [2.45, 2.75) is 39.7 Å². The van der Waals surface area contributed by atoms with Gasteiger partial charge in [-0.25, -0.2) is 4.99 Å². The topological polar surface area (TPSA) is 91.8 Å². The summed E-state index contributed by atoms with van der Waals surface area (Å²) in [7, 11) is 0. The van der Waals surface area contributed by atoms with Gasteiger partial charge in [0.05, 0.1) is 12.6 Å². The van der Waals surface area contributed by atoms with Gasteiger partial charge < -0.3 is 15.4 Å². The first-order valence-electron chi connectivity index (χ1n) is 10.1. The number of aliphatic imine (C=N–C) groups is 1. The number of carbonyl (C=O) groups excluding carboxylic acids is 2. The average molecular weight is 409 g/mol. The molecule has 30 heavy (non-hydrogen) atoms. The molecule has 1 heterocycles. The second-order valence-electron chi connectivity index (χ2n) is 7.48. The SMILES string of the molecule is CC(=O)Nc1cccc(C(=O)NC(=NC[C@H]2CCCO2)Nc2ccc(C)cc2C)c1. The van der Waals surface area contributed by atoms with E-state index in [1.165, 1.54) is 6.92 Å². The van der Waals surface area contributed by atoms with Gasteiger partial charge in [0.2, 0.25) is 11.9 Å². The Kier molecular flexibility index (Phi) is 7.19. The number of rotatable bonds is 5. The number of aryl methyl sites for hydroxylation is 2. The van der Waals surface area contributed by atoms with E-state index in [1.54, 1.807) is 24.3 Å². The van der Waals surface area contributed by atoms with Crippen molar-refractivity contribution in [3.63, 3.8) is 0 Å². The van der Waals surface area contributed by atoms with Crippen LogP contribution in [0.4, 0.5) is 11.4 Å². The van der Waals surface area contributed by atoms with Crippen molar-refractivity contribution in [3.8, 4) is 0 Å². The minimum Gasteiger partial charge on any atom is -0.376 e. The van der Waals surface area contributed by atoms with E-state index >= 15 is 0 Å². The van der Waals surface area contributed by atoms with E-state index in [9.17, 15) is 9.59 Å². The number of hydrogen-bond donors (Lipinski definition) is 3. The maximum Gasteiger partial charge on any atom is 0.258 e. The van der Waals surface area contributed by atoms with Gasteiger partial charge in [0.25, 0.3) is 5.91 Å². The predicted molar refractivity (Wildman–Crippen MR) is 119 cm³/mol. The summed E-state index contributed by atoms with van der Waals surface area (Å²) in [6.07, 6.45) is 2.07. The Morgan fingerprint density at radius 2 is 1.97 bits per heavy atom. The summed E-state index contributed by atoms with van der Waals surface area (Å²) in [5, 5.41) is 8.79. The maximum atomic E-state index is 12.8. The molecule has 0 saturated carbocycles. The molecule has 0 aliphatic carbocycles. The van der Waals surface area contributed by atoms with Gasteiger partial charge in [0, 0.05) is 30.5 Å². The van der Waals surface area contributed by atoms with Crippen molar-refractivity contribution in [2.24, 2.45) is 4.99 Å². The summed E-state index contributed by atoms with van der Waals surface area (Å²) < 4.78 is 5.65. The van der Waals surface area contributed by atoms with E-state index in [-0.39, 0.29) is 17.9 Å². The van der Waals surface area contributed by atoms with Crippen LogP contribution in [-0.2, 0) is 9.53 Å². The van der Waals surface area contributed by atoms with Crippen molar-refractivity contribution in [3.05, 3.63) is 59.2 Å². The van der Waals surface area contributed by atoms with Crippen LogP contribution in [0.2, 0.25) is 0 Å². The first-order chi connectivity index (χ1) is 14.4. The summed E-state index contributed by atoms with van der Waals surface area (Å²) in [6.45, 7) is 6.69. The van der Waals surface area contributed by atoms with Gasteiger partial charge in [0.1, 0.15) is 0 Å². The minimum absolute atomic E-state index is 0.0703. The number of nitrogens with zero attached hydrogens (tertiary/aromatic N) is 1. The molecule has 2 aromatic carbocycles. The van der Waals surface area contributed by atoms with Gasteiger partial charge in [-0.1, -0.05) is 23.8 Å². The highest BCUT2D eigenvalue weighted by atomic mass is 16.5. The molecular formula is C23H28N4O3. The maximum absolute atomic E-state index is 12.8. The lowest BCUT2D eigenvalue weighted by Crippen LogP contribution is -2.37. The molecular weight excluding hydrogens is 380 g/mol. The van der Waals surface area contributed by atoms with Crippen LogP contribution in [0.3, 0.4) is 0 Å². The van der Waals surface area contributed by atoms with Crippen molar-refractivity contribution in [1.29, 1.82) is 0 Å². The van der Waals surface area contributed by atoms with Gasteiger partial charge in [-0.15, -0.1) is 0 Å². The zero-order chi connectivity index (χ0) is 21.5. The van der Waals surface area contributed by atoms with Gasteiger partial charge in [0.15, 0.2) is 0 Å². The molecule has 1 saturated heterocycles. The number of benzene rings is 2. The fourth-order valence-corrected chi connectivity index (χ4v) is 3.29. The Morgan fingerprint density at radius 3 is 2.67 bits per heavy atom. The molecule has 2 aromatic rings. The number of amides is 2. The highest BCUT2D eigenvalue weighted by molar-refractivity contribution is 6.10. The zero-order valence-corrected chi connectivity index (χ0v) is 17.6. The largest absolute Gasteiger partial charge is 0.376 e. The van der Waals surface area contributed by atoms with Crippen LogP contribution >= 0.6 is 0 Å². The molecule has 0 aromatic heterocycles. The molecule has 7 heteroatoms. The summed E-state index contributed by atoms with van der Waals surface area (Å²) in [5.74, 6) is -0.138. The molecule has 1 atom stereocenters. The zero-order valence-electron chi connectivity index (χ0n) is 17.6. The highest BCUT2D eigenvalue weighted by Gasteiger charge is 2.16. The average Bonchev–Trinajstić information content (AvgIpc) is 3.21. The van der Waals surface area contributed by atoms with Crippen molar-refractivity contribution >= 4 is 29.1 Å². The first kappa shape index (κ1) is 21.5. The number of anilines is 2. The summed E-state index contributed by atoms with van der Waals surface area (Å²) in [5.41, 5.74) is 4.08. The second kappa shape index (κ2) is 10.0. The van der Waals surface area contributed by atoms with E-state index in [1.807, 2.05) is 26.0 Å². The van der Waals surface area contributed by atoms with Crippen LogP contribution < -0.4 is 16.0 Å². The normalized spacial score (nSPS) is 16.2. The quantitative estimate of drug-likeness (QED) is 0.520. The van der Waals surface area contributed by atoms with Crippen molar-refractivity contribution < 1.29 is 14.3 Å². The predicted octanol–water partition coefficient (Wildman–Crippen LogP) is 3.64. The first-order valence-corrected chi connectivity index (χ1v) is 10.1. The van der Waals surface area contributed by atoms with Crippen LogP contribution in [0.5, 0.6) is 0 Å². The van der Waals surface area contributed by atoms with E-state index < -0.39 is 0 Å². The van der Waals surface area contributed by atoms with Crippen LogP contribution in [0, 0.1) is 13.8 Å². The molecule has 3 rings (SSSR count). The molecule has 0 unspecified atom stereocenters. The van der Waals surface area contributed by atoms with E-state index in [4.69, 9.17) is 4.74 Å². The summed E-state index contributed by atoms with van der Waals surface area (Å²) >= 11 is 0. The second-order valence-corrected chi connectivity index (χ2v) is 7.48. The summed E-state index contributed by atoms with van der Waals surface area (Å²) in [4.78, 5) is 28.7. The Balaban J connectivity index is 1.77. The van der Waals surface area contributed by atoms with Crippen LogP contribution in [0.1, 0.15) is 41.3 Å². The highest BCUT2D eigenvalue weighted by Crippen LogP contribution is 2.17. The number of guanidine groups is 1. The van der Waals surface area contributed by atoms with Crippen molar-refractivity contribution in [1.82, 2.24) is 5.32 Å². The molecule has 7 nitrogen and oxygen atoms in total. The standard InChI is InChI=1S/C23H28N4O3/c1-15-9-10-21(16(2)12-15)26-23(24-14-20-8-5-11-30-20)27-22(29)18-6-4-7-19(13-18)25-17(3)28/h4,6-7,9-10,12-13,20H,5,8,11,14H2,1-3H3,(H,25,28)(H2,24,26,27,29)/t20-/m1/s1. The molecule has 1 fully saturated rings.